The molecular formula is C32H37N7O3. The molecule has 2 atom stereocenters. The molecule has 0 aliphatic carbocycles. The van der Waals surface area contributed by atoms with E-state index in [0.29, 0.717) is 44.8 Å². The number of nitrogens with zero attached hydrogens (tertiary/aromatic N) is 7. The minimum Gasteiger partial charge on any atom is -0.508 e. The quantitative estimate of drug-likeness (QED) is 0.343. The Morgan fingerprint density at radius 1 is 1.17 bits per heavy atom. The maximum Gasteiger partial charge on any atom is 0.318 e. The van der Waals surface area contributed by atoms with Crippen LogP contribution in [-0.4, -0.2) is 95.8 Å². The lowest BCUT2D eigenvalue weighted by Gasteiger charge is -2.41. The molecule has 2 aromatic carbocycles. The van der Waals surface area contributed by atoms with Gasteiger partial charge in [-0.25, -0.2) is 6.57 Å². The first-order valence-corrected chi connectivity index (χ1v) is 14.7. The number of ether oxygens (including phenoxy) is 1. The molecule has 42 heavy (non-hydrogen) atoms. The maximum atomic E-state index is 12.5. The summed E-state index contributed by atoms with van der Waals surface area (Å²) in [6, 6.07) is 12.2. The molecule has 4 heterocycles. The molecule has 1 aromatic heterocycles. The number of phenolic OH excluding ortho intramolecular Hbond substituents is 1. The Morgan fingerprint density at radius 2 is 2.02 bits per heavy atom. The van der Waals surface area contributed by atoms with Gasteiger partial charge in [0.1, 0.15) is 24.2 Å². The lowest BCUT2D eigenvalue weighted by molar-refractivity contribution is -0.128. The summed E-state index contributed by atoms with van der Waals surface area (Å²) >= 11 is 0. The third-order valence-corrected chi connectivity index (χ3v) is 8.81. The van der Waals surface area contributed by atoms with Gasteiger partial charge in [-0.3, -0.25) is 4.79 Å². The normalized spacial score (nSPS) is 20.8. The lowest BCUT2D eigenvalue weighted by Crippen LogP contribution is -2.56. The van der Waals surface area contributed by atoms with Crippen LogP contribution in [0.2, 0.25) is 0 Å². The van der Waals surface area contributed by atoms with E-state index in [0.717, 1.165) is 65.9 Å². The fraction of sp³-hybridized carbons (Fsp3) is 0.438. The fourth-order valence-electron chi connectivity index (χ4n) is 6.53. The van der Waals surface area contributed by atoms with Crippen molar-refractivity contribution in [1.82, 2.24) is 19.8 Å². The zero-order chi connectivity index (χ0) is 29.2. The summed E-state index contributed by atoms with van der Waals surface area (Å²) in [4.78, 5) is 34.6. The van der Waals surface area contributed by atoms with Crippen LogP contribution in [0.5, 0.6) is 11.8 Å². The zero-order valence-electron chi connectivity index (χ0n) is 24.1. The van der Waals surface area contributed by atoms with Crippen LogP contribution in [0.15, 0.2) is 49.1 Å². The number of likely N-dealkylation sites (tertiary alicyclic amines) is 1. The maximum absolute atomic E-state index is 12.5. The van der Waals surface area contributed by atoms with Gasteiger partial charge < -0.3 is 34.3 Å². The van der Waals surface area contributed by atoms with Crippen LogP contribution in [0.25, 0.3) is 15.6 Å². The summed E-state index contributed by atoms with van der Waals surface area (Å²) < 4.78 is 6.26. The summed E-state index contributed by atoms with van der Waals surface area (Å²) in [7, 11) is 2.12. The number of aromatic nitrogens is 2. The molecule has 1 N–H and O–H groups in total. The highest BCUT2D eigenvalue weighted by atomic mass is 16.5. The molecule has 10 nitrogen and oxygen atoms in total. The number of benzene rings is 2. The first-order valence-electron chi connectivity index (χ1n) is 14.7. The second-order valence-electron chi connectivity index (χ2n) is 11.4. The molecule has 218 valence electrons. The van der Waals surface area contributed by atoms with Gasteiger partial charge in [0.05, 0.1) is 12.2 Å². The summed E-state index contributed by atoms with van der Waals surface area (Å²) in [5, 5.41) is 12.6. The number of carbonyl (C=O) groups excluding carboxylic acids is 1. The van der Waals surface area contributed by atoms with Crippen LogP contribution in [-0.2, 0) is 17.8 Å². The number of hydrogen-bond acceptors (Lipinski definition) is 8. The van der Waals surface area contributed by atoms with E-state index in [9.17, 15) is 9.90 Å². The Labute approximate surface area is 246 Å². The molecule has 0 radical (unpaired) electrons. The van der Waals surface area contributed by atoms with Gasteiger partial charge >= 0.3 is 6.01 Å². The van der Waals surface area contributed by atoms with Gasteiger partial charge in [0.25, 0.3) is 0 Å². The van der Waals surface area contributed by atoms with Crippen molar-refractivity contribution >= 4 is 28.2 Å². The molecule has 0 unspecified atom stereocenters. The topological polar surface area (TPSA) is 89.6 Å². The number of piperazine rings is 1. The number of anilines is 2. The van der Waals surface area contributed by atoms with E-state index in [1.54, 1.807) is 11.0 Å². The fourth-order valence-corrected chi connectivity index (χ4v) is 6.53. The van der Waals surface area contributed by atoms with E-state index < -0.39 is 0 Å². The number of amides is 1. The van der Waals surface area contributed by atoms with Gasteiger partial charge in [-0.1, -0.05) is 30.8 Å². The Kier molecular flexibility index (Phi) is 7.85. The van der Waals surface area contributed by atoms with E-state index in [-0.39, 0.29) is 24.2 Å². The smallest absolute Gasteiger partial charge is 0.318 e. The zero-order valence-corrected chi connectivity index (χ0v) is 24.1. The molecule has 2 fully saturated rings. The van der Waals surface area contributed by atoms with Crippen LogP contribution in [0.1, 0.15) is 24.1 Å². The van der Waals surface area contributed by atoms with E-state index >= 15 is 0 Å². The number of hydrogen-bond donors (Lipinski definition) is 1. The van der Waals surface area contributed by atoms with Crippen LogP contribution in [0.3, 0.4) is 0 Å². The number of carbonyl (C=O) groups is 1. The summed E-state index contributed by atoms with van der Waals surface area (Å²) in [6.07, 6.45) is 4.29. The Hall–Kier alpha value is -4.36. The van der Waals surface area contributed by atoms with Crippen LogP contribution < -0.4 is 14.5 Å². The van der Waals surface area contributed by atoms with Crippen molar-refractivity contribution in [2.75, 3.05) is 62.7 Å². The molecule has 6 rings (SSSR count). The minimum atomic E-state index is -0.248. The molecule has 10 heteroatoms. The average molecular weight is 568 g/mol. The number of phenols is 1. The SMILES string of the molecule is [C-]#[N+]C[C@H]1CN(c2nc(OC[C@H]3CCCN3C)nc3c2CCN(c2cc(O)cc4ccccc24)C3)CCN1C(=O)C=C. The van der Waals surface area contributed by atoms with E-state index in [1.807, 2.05) is 24.3 Å². The van der Waals surface area contributed by atoms with Gasteiger partial charge in [-0.2, -0.15) is 9.97 Å². The summed E-state index contributed by atoms with van der Waals surface area (Å²) in [5.74, 6) is 0.919. The molecule has 0 spiro atoms. The van der Waals surface area contributed by atoms with Gasteiger partial charge in [-0.15, -0.1) is 0 Å². The summed E-state index contributed by atoms with van der Waals surface area (Å²) in [5.41, 5.74) is 2.95. The second-order valence-corrected chi connectivity index (χ2v) is 11.4. The molecule has 3 aromatic rings. The molecule has 3 aliphatic rings. The lowest BCUT2D eigenvalue weighted by atomic mass is 10.0. The van der Waals surface area contributed by atoms with Crippen molar-refractivity contribution in [3.05, 3.63) is 71.7 Å². The minimum absolute atomic E-state index is 0.147. The van der Waals surface area contributed by atoms with E-state index in [4.69, 9.17) is 21.3 Å². The van der Waals surface area contributed by atoms with Crippen LogP contribution >= 0.6 is 0 Å². The van der Waals surface area contributed by atoms with Crippen molar-refractivity contribution in [2.24, 2.45) is 0 Å². The second kappa shape index (κ2) is 11.9. The highest BCUT2D eigenvalue weighted by molar-refractivity contribution is 5.95. The van der Waals surface area contributed by atoms with Crippen molar-refractivity contribution in [1.29, 1.82) is 0 Å². The predicted octanol–water partition coefficient (Wildman–Crippen LogP) is 3.49. The number of aromatic hydroxyl groups is 1. The Bertz CT molecular complexity index is 1540. The number of rotatable bonds is 7. The first-order chi connectivity index (χ1) is 20.4. The van der Waals surface area contributed by atoms with Crippen LogP contribution in [0.4, 0.5) is 11.5 Å². The van der Waals surface area contributed by atoms with Crippen LogP contribution in [0, 0.1) is 6.57 Å². The van der Waals surface area contributed by atoms with Crippen molar-refractivity contribution in [2.45, 2.75) is 37.9 Å². The molecule has 0 bridgehead atoms. The first kappa shape index (κ1) is 27.8. The van der Waals surface area contributed by atoms with Gasteiger partial charge in [0.15, 0.2) is 0 Å². The van der Waals surface area contributed by atoms with Gasteiger partial charge in [0, 0.05) is 54.9 Å². The predicted molar refractivity (Wildman–Crippen MR) is 163 cm³/mol. The van der Waals surface area contributed by atoms with E-state index in [2.05, 4.69) is 39.2 Å². The van der Waals surface area contributed by atoms with E-state index in [1.165, 1.54) is 6.08 Å². The Balaban J connectivity index is 1.34. The molecule has 2 saturated heterocycles. The van der Waals surface area contributed by atoms with Gasteiger partial charge in [-0.05, 0) is 50.4 Å². The Morgan fingerprint density at radius 3 is 2.81 bits per heavy atom. The van der Waals surface area contributed by atoms with Gasteiger partial charge in [0.2, 0.25) is 12.5 Å². The largest absolute Gasteiger partial charge is 0.508 e. The molecular weight excluding hydrogens is 530 g/mol. The third-order valence-electron chi connectivity index (χ3n) is 8.81. The van der Waals surface area contributed by atoms with Crippen molar-refractivity contribution in [3.8, 4) is 11.8 Å². The summed E-state index contributed by atoms with van der Waals surface area (Å²) in [6.45, 7) is 15.8. The highest BCUT2D eigenvalue weighted by Gasteiger charge is 2.35. The number of likely N-dealkylation sites (N-methyl/N-ethyl adjacent to an activating group) is 1. The average Bonchev–Trinajstić information content (AvgIpc) is 3.42. The number of fused-ring (bicyclic) bond motifs is 2. The molecule has 3 aliphatic heterocycles. The third kappa shape index (κ3) is 5.44. The standard InChI is InChI=1S/C32H37N7O3/c1-4-30(41)39-15-14-38(19-24(39)18-33-2)31-27-11-13-37(29-17-25(40)16-22-8-5-6-10-26(22)29)20-28(27)34-32(35-31)42-21-23-9-7-12-36(23)3/h4-6,8,10,16-17,23-24,40H,1,7,9,11-15,18-21H2,3H3/t23-,24+/m1/s1. The molecule has 1 amide bonds. The highest BCUT2D eigenvalue weighted by Crippen LogP contribution is 2.36. The molecule has 0 saturated carbocycles. The van der Waals surface area contributed by atoms with Crippen molar-refractivity contribution < 1.29 is 14.6 Å². The monoisotopic (exact) mass is 567 g/mol. The van der Waals surface area contributed by atoms with Crippen molar-refractivity contribution in [3.63, 3.8) is 0 Å².